The van der Waals surface area contributed by atoms with Crippen molar-refractivity contribution in [3.05, 3.63) is 53.6 Å². The Morgan fingerprint density at radius 3 is 2.23 bits per heavy atom. The molecular formula is C23H28N4O3. The molecule has 0 saturated carbocycles. The van der Waals surface area contributed by atoms with Gasteiger partial charge in [-0.25, -0.2) is 0 Å². The van der Waals surface area contributed by atoms with Crippen molar-refractivity contribution < 1.29 is 14.4 Å². The van der Waals surface area contributed by atoms with E-state index < -0.39 is 0 Å². The lowest BCUT2D eigenvalue weighted by molar-refractivity contribution is -0.116. The molecule has 30 heavy (non-hydrogen) atoms. The summed E-state index contributed by atoms with van der Waals surface area (Å²) in [5, 5.41) is 8.71. The van der Waals surface area contributed by atoms with Gasteiger partial charge in [-0.3, -0.25) is 14.4 Å². The number of hydrogen-bond donors (Lipinski definition) is 3. The van der Waals surface area contributed by atoms with Crippen LogP contribution in [0.2, 0.25) is 0 Å². The van der Waals surface area contributed by atoms with Gasteiger partial charge in [0, 0.05) is 42.1 Å². The van der Waals surface area contributed by atoms with E-state index in [0.717, 1.165) is 37.2 Å². The Bertz CT molecular complexity index is 919. The zero-order valence-electron chi connectivity index (χ0n) is 17.5. The molecule has 7 heteroatoms. The Hall–Kier alpha value is -3.35. The third-order valence-corrected chi connectivity index (χ3v) is 5.09. The first-order valence-electron chi connectivity index (χ1n) is 10.3. The van der Waals surface area contributed by atoms with Gasteiger partial charge in [0.2, 0.25) is 11.8 Å². The highest BCUT2D eigenvalue weighted by atomic mass is 16.2. The zero-order valence-corrected chi connectivity index (χ0v) is 17.5. The molecule has 0 radical (unpaired) electrons. The van der Waals surface area contributed by atoms with E-state index in [1.165, 1.54) is 0 Å². The number of nitrogens with zero attached hydrogens (tertiary/aromatic N) is 1. The van der Waals surface area contributed by atoms with Crippen molar-refractivity contribution in [1.29, 1.82) is 0 Å². The molecule has 1 heterocycles. The summed E-state index contributed by atoms with van der Waals surface area (Å²) in [5.74, 6) is -0.221. The molecular weight excluding hydrogens is 380 g/mol. The molecule has 0 spiro atoms. The van der Waals surface area contributed by atoms with E-state index in [-0.39, 0.29) is 24.3 Å². The van der Waals surface area contributed by atoms with Crippen LogP contribution in [0.5, 0.6) is 0 Å². The molecule has 7 nitrogen and oxygen atoms in total. The number of rotatable bonds is 7. The fraction of sp³-hybridized carbons (Fsp3) is 0.348. The molecule has 2 aromatic carbocycles. The van der Waals surface area contributed by atoms with Gasteiger partial charge in [0.15, 0.2) is 0 Å². The first kappa shape index (κ1) is 21.4. The van der Waals surface area contributed by atoms with Crippen LogP contribution in [-0.4, -0.2) is 42.3 Å². The second-order valence-electron chi connectivity index (χ2n) is 7.41. The van der Waals surface area contributed by atoms with Gasteiger partial charge in [0.05, 0.1) is 6.54 Å². The Morgan fingerprint density at radius 1 is 0.900 bits per heavy atom. The van der Waals surface area contributed by atoms with Crippen LogP contribution >= 0.6 is 0 Å². The van der Waals surface area contributed by atoms with Gasteiger partial charge >= 0.3 is 0 Å². The molecule has 3 amide bonds. The minimum absolute atomic E-state index is 0.0575. The number of amides is 3. The quantitative estimate of drug-likeness (QED) is 0.653. The summed E-state index contributed by atoms with van der Waals surface area (Å²) in [6, 6.07) is 12.6. The van der Waals surface area contributed by atoms with Crippen molar-refractivity contribution in [1.82, 2.24) is 4.90 Å². The fourth-order valence-corrected chi connectivity index (χ4v) is 3.29. The smallest absolute Gasteiger partial charge is 0.253 e. The first-order chi connectivity index (χ1) is 14.5. The van der Waals surface area contributed by atoms with Crippen LogP contribution in [0.3, 0.4) is 0 Å². The predicted octanol–water partition coefficient (Wildman–Crippen LogP) is 3.63. The molecule has 0 aliphatic carbocycles. The Kier molecular flexibility index (Phi) is 7.06. The Morgan fingerprint density at radius 2 is 1.57 bits per heavy atom. The fourth-order valence-electron chi connectivity index (χ4n) is 3.29. The second-order valence-corrected chi connectivity index (χ2v) is 7.41. The third-order valence-electron chi connectivity index (χ3n) is 5.09. The van der Waals surface area contributed by atoms with Crippen LogP contribution in [0.4, 0.5) is 17.1 Å². The maximum absolute atomic E-state index is 12.4. The second kappa shape index (κ2) is 9.91. The summed E-state index contributed by atoms with van der Waals surface area (Å²) in [6.45, 7) is 5.42. The molecule has 1 aliphatic rings. The van der Waals surface area contributed by atoms with Crippen LogP contribution in [-0.2, 0) is 9.59 Å². The van der Waals surface area contributed by atoms with E-state index in [1.807, 2.05) is 17.9 Å². The molecule has 1 fully saturated rings. The van der Waals surface area contributed by atoms with E-state index >= 15 is 0 Å². The number of carbonyl (C=O) groups excluding carboxylic acids is 3. The molecule has 1 aliphatic heterocycles. The number of likely N-dealkylation sites (tertiary alicyclic amines) is 1. The number of aryl methyl sites for hydroxylation is 1. The van der Waals surface area contributed by atoms with Crippen molar-refractivity contribution in [2.24, 2.45) is 0 Å². The zero-order chi connectivity index (χ0) is 21.5. The predicted molar refractivity (Wildman–Crippen MR) is 119 cm³/mol. The third kappa shape index (κ3) is 5.59. The van der Waals surface area contributed by atoms with Crippen LogP contribution < -0.4 is 16.0 Å². The van der Waals surface area contributed by atoms with Gasteiger partial charge < -0.3 is 20.9 Å². The van der Waals surface area contributed by atoms with Gasteiger partial charge in [0.1, 0.15) is 0 Å². The number of anilines is 3. The highest BCUT2D eigenvalue weighted by Gasteiger charge is 2.19. The monoisotopic (exact) mass is 408 g/mol. The summed E-state index contributed by atoms with van der Waals surface area (Å²) < 4.78 is 0. The number of hydrogen-bond acceptors (Lipinski definition) is 4. The van der Waals surface area contributed by atoms with Crippen LogP contribution in [0.25, 0.3) is 0 Å². The lowest BCUT2D eigenvalue weighted by Crippen LogP contribution is -2.27. The number of nitrogens with one attached hydrogen (secondary N) is 3. The molecule has 2 aromatic rings. The number of benzene rings is 2. The average Bonchev–Trinajstić information content (AvgIpc) is 3.29. The van der Waals surface area contributed by atoms with E-state index in [0.29, 0.717) is 23.4 Å². The van der Waals surface area contributed by atoms with E-state index in [4.69, 9.17) is 0 Å². The summed E-state index contributed by atoms with van der Waals surface area (Å²) >= 11 is 0. The van der Waals surface area contributed by atoms with E-state index in [9.17, 15) is 14.4 Å². The molecule has 0 aromatic heterocycles. The van der Waals surface area contributed by atoms with Gasteiger partial charge in [-0.15, -0.1) is 0 Å². The largest absolute Gasteiger partial charge is 0.376 e. The molecule has 0 atom stereocenters. The topological polar surface area (TPSA) is 90.5 Å². The molecule has 0 bridgehead atoms. The lowest BCUT2D eigenvalue weighted by Gasteiger charge is -2.15. The standard InChI is InChI=1S/C23H28N4O3/c1-3-21(28)26-20-14-19(9-6-16(20)2)25-22(29)15-24-18-10-7-17(8-11-18)23(30)27-12-4-5-13-27/h6-11,14,24H,3-5,12-13,15H2,1-2H3,(H,25,29)(H,26,28). The maximum Gasteiger partial charge on any atom is 0.253 e. The van der Waals surface area contributed by atoms with Crippen molar-refractivity contribution in [3.8, 4) is 0 Å². The van der Waals surface area contributed by atoms with Gasteiger partial charge in [-0.05, 0) is 61.7 Å². The van der Waals surface area contributed by atoms with Crippen LogP contribution in [0, 0.1) is 6.92 Å². The lowest BCUT2D eigenvalue weighted by atomic mass is 10.1. The summed E-state index contributed by atoms with van der Waals surface area (Å²) in [7, 11) is 0. The molecule has 3 N–H and O–H groups in total. The molecule has 3 rings (SSSR count). The van der Waals surface area contributed by atoms with E-state index in [2.05, 4.69) is 16.0 Å². The van der Waals surface area contributed by atoms with E-state index in [1.54, 1.807) is 43.3 Å². The summed E-state index contributed by atoms with van der Waals surface area (Å²) in [6.07, 6.45) is 2.52. The average molecular weight is 409 g/mol. The van der Waals surface area contributed by atoms with Crippen molar-refractivity contribution >= 4 is 34.8 Å². The SMILES string of the molecule is CCC(=O)Nc1cc(NC(=O)CNc2ccc(C(=O)N3CCCC3)cc2)ccc1C. The highest BCUT2D eigenvalue weighted by molar-refractivity contribution is 5.97. The van der Waals surface area contributed by atoms with Gasteiger partial charge in [-0.2, -0.15) is 0 Å². The minimum atomic E-state index is -0.205. The summed E-state index contributed by atoms with van der Waals surface area (Å²) in [5.41, 5.74) is 3.66. The number of carbonyl (C=O) groups is 3. The normalized spacial score (nSPS) is 13.1. The molecule has 0 unspecified atom stereocenters. The van der Waals surface area contributed by atoms with Crippen LogP contribution in [0.1, 0.15) is 42.1 Å². The Balaban J connectivity index is 1.52. The molecule has 158 valence electrons. The maximum atomic E-state index is 12.4. The first-order valence-corrected chi connectivity index (χ1v) is 10.3. The Labute approximate surface area is 176 Å². The molecule has 1 saturated heterocycles. The highest BCUT2D eigenvalue weighted by Crippen LogP contribution is 2.21. The summed E-state index contributed by atoms with van der Waals surface area (Å²) in [4.78, 5) is 38.2. The van der Waals surface area contributed by atoms with Gasteiger partial charge in [0.25, 0.3) is 5.91 Å². The van der Waals surface area contributed by atoms with Crippen molar-refractivity contribution in [2.45, 2.75) is 33.1 Å². The van der Waals surface area contributed by atoms with Gasteiger partial charge in [-0.1, -0.05) is 13.0 Å². The van der Waals surface area contributed by atoms with Crippen molar-refractivity contribution in [2.75, 3.05) is 35.6 Å². The minimum Gasteiger partial charge on any atom is -0.376 e. The van der Waals surface area contributed by atoms with Crippen LogP contribution in [0.15, 0.2) is 42.5 Å². The van der Waals surface area contributed by atoms with Crippen molar-refractivity contribution in [3.63, 3.8) is 0 Å².